The van der Waals surface area contributed by atoms with Crippen molar-refractivity contribution in [2.45, 2.75) is 25.9 Å². The maximum absolute atomic E-state index is 13.0. The summed E-state index contributed by atoms with van der Waals surface area (Å²) in [5.74, 6) is 1.35. The number of imidazole rings is 1. The number of fused-ring (bicyclic) bond motifs is 1. The Morgan fingerprint density at radius 2 is 1.91 bits per heavy atom. The molecule has 178 valence electrons. The van der Waals surface area contributed by atoms with Crippen LogP contribution in [0.2, 0.25) is 0 Å². The lowest BCUT2D eigenvalue weighted by Gasteiger charge is -2.28. The van der Waals surface area contributed by atoms with Gasteiger partial charge in [-0.05, 0) is 6.92 Å². The number of aromatic nitrogens is 4. The van der Waals surface area contributed by atoms with Crippen molar-refractivity contribution >= 4 is 29.0 Å². The van der Waals surface area contributed by atoms with Gasteiger partial charge in [0.1, 0.15) is 0 Å². The lowest BCUT2D eigenvalue weighted by molar-refractivity contribution is -0.209. The standard InChI is InChI=1S/C18H20F3N7O5/c1-3-4-7-27-10-12(24-16(27)26-8-5-23-6-9-26)28(17(32)25(2)13(10)30)14(11(22)29)33-15(31)18(19,20)21/h14,23H,5-9H2,1-2H3,(H2,22,29). The number of alkyl halides is 3. The Labute approximate surface area is 183 Å². The van der Waals surface area contributed by atoms with Gasteiger partial charge in [-0.25, -0.2) is 14.2 Å². The zero-order valence-electron chi connectivity index (χ0n) is 17.6. The predicted molar refractivity (Wildman–Crippen MR) is 108 cm³/mol. The number of hydrogen-bond acceptors (Lipinski definition) is 8. The van der Waals surface area contributed by atoms with Gasteiger partial charge in [0.15, 0.2) is 11.2 Å². The molecule has 1 fully saturated rings. The van der Waals surface area contributed by atoms with Crippen LogP contribution in [0.5, 0.6) is 0 Å². The minimum Gasteiger partial charge on any atom is -0.425 e. The molecule has 1 aliphatic rings. The van der Waals surface area contributed by atoms with Gasteiger partial charge in [-0.2, -0.15) is 18.2 Å². The third-order valence-electron chi connectivity index (χ3n) is 4.90. The zero-order chi connectivity index (χ0) is 24.5. The Balaban J connectivity index is 2.35. The van der Waals surface area contributed by atoms with Crippen LogP contribution in [-0.4, -0.2) is 62.9 Å². The van der Waals surface area contributed by atoms with Crippen LogP contribution in [0.1, 0.15) is 13.2 Å². The van der Waals surface area contributed by atoms with Gasteiger partial charge in [0.05, 0.1) is 6.54 Å². The molecular formula is C18H20F3N7O5. The molecule has 15 heteroatoms. The summed E-state index contributed by atoms with van der Waals surface area (Å²) in [7, 11) is 1.05. The summed E-state index contributed by atoms with van der Waals surface area (Å²) in [4.78, 5) is 55.3. The maximum atomic E-state index is 13.0. The second-order valence-corrected chi connectivity index (χ2v) is 7.01. The van der Waals surface area contributed by atoms with Gasteiger partial charge in [0.25, 0.3) is 17.7 Å². The molecule has 1 amide bonds. The molecule has 12 nitrogen and oxygen atoms in total. The molecule has 0 bridgehead atoms. The van der Waals surface area contributed by atoms with E-state index in [-0.39, 0.29) is 18.0 Å². The Morgan fingerprint density at radius 3 is 2.45 bits per heavy atom. The monoisotopic (exact) mass is 471 g/mol. The van der Waals surface area contributed by atoms with Crippen molar-refractivity contribution in [2.24, 2.45) is 12.8 Å². The van der Waals surface area contributed by atoms with Crippen LogP contribution in [-0.2, 0) is 27.9 Å². The third kappa shape index (κ3) is 4.42. The van der Waals surface area contributed by atoms with Crippen molar-refractivity contribution in [2.75, 3.05) is 31.1 Å². The molecule has 0 spiro atoms. The van der Waals surface area contributed by atoms with Crippen LogP contribution in [0.4, 0.5) is 19.1 Å². The number of carbonyl (C=O) groups is 2. The number of esters is 1. The van der Waals surface area contributed by atoms with Crippen LogP contribution < -0.4 is 27.2 Å². The summed E-state index contributed by atoms with van der Waals surface area (Å²) < 4.78 is 44.9. The topological polar surface area (TPSA) is 146 Å². The van der Waals surface area contributed by atoms with Gasteiger partial charge >= 0.3 is 17.8 Å². The molecule has 1 atom stereocenters. The number of anilines is 1. The van der Waals surface area contributed by atoms with Gasteiger partial charge < -0.3 is 20.7 Å². The van der Waals surface area contributed by atoms with Crippen LogP contribution >= 0.6 is 0 Å². The average Bonchev–Trinajstić information content (AvgIpc) is 3.14. The van der Waals surface area contributed by atoms with E-state index in [4.69, 9.17) is 5.73 Å². The fraction of sp³-hybridized carbons (Fsp3) is 0.500. The summed E-state index contributed by atoms with van der Waals surface area (Å²) in [6.07, 6.45) is -7.96. The molecule has 2 aromatic rings. The van der Waals surface area contributed by atoms with E-state index < -0.39 is 41.2 Å². The van der Waals surface area contributed by atoms with Gasteiger partial charge in [0, 0.05) is 33.2 Å². The first-order valence-electron chi connectivity index (χ1n) is 9.63. The van der Waals surface area contributed by atoms with Crippen molar-refractivity contribution in [3.63, 3.8) is 0 Å². The summed E-state index contributed by atoms with van der Waals surface area (Å²) in [6.45, 7) is 3.63. The third-order valence-corrected chi connectivity index (χ3v) is 4.90. The zero-order valence-corrected chi connectivity index (χ0v) is 17.6. The highest BCUT2D eigenvalue weighted by atomic mass is 19.4. The lowest BCUT2D eigenvalue weighted by Crippen LogP contribution is -2.45. The van der Waals surface area contributed by atoms with Crippen LogP contribution in [0.25, 0.3) is 11.2 Å². The number of primary amides is 1. The van der Waals surface area contributed by atoms with Crippen molar-refractivity contribution < 1.29 is 27.5 Å². The number of nitrogens with one attached hydrogen (secondary N) is 1. The number of nitrogens with two attached hydrogens (primary N) is 1. The molecular weight excluding hydrogens is 451 g/mol. The molecule has 1 unspecified atom stereocenters. The molecule has 0 radical (unpaired) electrons. The normalized spacial score (nSPS) is 15.1. The Hall–Kier alpha value is -3.80. The Kier molecular flexibility index (Phi) is 6.49. The highest BCUT2D eigenvalue weighted by molar-refractivity contribution is 5.84. The van der Waals surface area contributed by atoms with Crippen molar-refractivity contribution in [3.8, 4) is 11.8 Å². The van der Waals surface area contributed by atoms with Gasteiger partial charge in [-0.15, -0.1) is 5.92 Å². The summed E-state index contributed by atoms with van der Waals surface area (Å²) in [5, 5.41) is 3.14. The van der Waals surface area contributed by atoms with Gasteiger partial charge in [-0.1, -0.05) is 5.92 Å². The molecule has 2 aromatic heterocycles. The molecule has 3 heterocycles. The highest BCUT2D eigenvalue weighted by Crippen LogP contribution is 2.24. The van der Waals surface area contributed by atoms with Crippen LogP contribution in [0, 0.1) is 11.8 Å². The molecule has 33 heavy (non-hydrogen) atoms. The maximum Gasteiger partial charge on any atom is 0.491 e. The summed E-state index contributed by atoms with van der Waals surface area (Å²) in [6, 6.07) is 0. The fourth-order valence-electron chi connectivity index (χ4n) is 3.34. The molecule has 0 aliphatic carbocycles. The van der Waals surface area contributed by atoms with Crippen molar-refractivity contribution in [3.05, 3.63) is 20.8 Å². The number of carbonyl (C=O) groups excluding carboxylic acids is 2. The summed E-state index contributed by atoms with van der Waals surface area (Å²) >= 11 is 0. The number of rotatable bonds is 5. The minimum atomic E-state index is -5.46. The number of ether oxygens (including phenoxy) is 1. The number of hydrogen-bond donors (Lipinski definition) is 2. The molecule has 0 aromatic carbocycles. The SMILES string of the molecule is CC#CCn1c(N2CCNCC2)nc2c1c(=O)n(C)c(=O)n2C(OC(=O)C(F)(F)F)C(N)=O. The Morgan fingerprint density at radius 1 is 1.27 bits per heavy atom. The molecule has 1 aliphatic heterocycles. The fourth-order valence-corrected chi connectivity index (χ4v) is 3.34. The van der Waals surface area contributed by atoms with E-state index in [1.165, 1.54) is 4.57 Å². The first-order valence-corrected chi connectivity index (χ1v) is 9.63. The number of piperazine rings is 1. The van der Waals surface area contributed by atoms with Crippen LogP contribution in [0.15, 0.2) is 9.59 Å². The van der Waals surface area contributed by atoms with Gasteiger partial charge in [0.2, 0.25) is 5.95 Å². The minimum absolute atomic E-state index is 0.0384. The van der Waals surface area contributed by atoms with E-state index >= 15 is 0 Å². The molecule has 1 saturated heterocycles. The van der Waals surface area contributed by atoms with Crippen LogP contribution in [0.3, 0.4) is 0 Å². The predicted octanol–water partition coefficient (Wildman–Crippen LogP) is -1.58. The first-order chi connectivity index (χ1) is 15.5. The highest BCUT2D eigenvalue weighted by Gasteiger charge is 2.44. The largest absolute Gasteiger partial charge is 0.491 e. The van der Waals surface area contributed by atoms with E-state index in [2.05, 4.69) is 26.9 Å². The van der Waals surface area contributed by atoms with Crippen molar-refractivity contribution in [1.29, 1.82) is 0 Å². The molecule has 3 N–H and O–H groups in total. The quantitative estimate of drug-likeness (QED) is 0.392. The first kappa shape index (κ1) is 23.9. The van der Waals surface area contributed by atoms with Crippen molar-refractivity contribution in [1.82, 2.24) is 24.0 Å². The lowest BCUT2D eigenvalue weighted by atomic mass is 10.4. The van der Waals surface area contributed by atoms with E-state index in [1.54, 1.807) is 11.8 Å². The Bertz CT molecular complexity index is 1280. The average molecular weight is 471 g/mol. The van der Waals surface area contributed by atoms with E-state index in [0.717, 1.165) is 7.05 Å². The smallest absolute Gasteiger partial charge is 0.425 e. The van der Waals surface area contributed by atoms with E-state index in [9.17, 15) is 32.3 Å². The van der Waals surface area contributed by atoms with E-state index in [1.807, 2.05) is 0 Å². The summed E-state index contributed by atoms with van der Waals surface area (Å²) in [5.41, 5.74) is 2.41. The second kappa shape index (κ2) is 8.98. The second-order valence-electron chi connectivity index (χ2n) is 7.01. The molecule has 3 rings (SSSR count). The number of amides is 1. The molecule has 0 saturated carbocycles. The van der Waals surface area contributed by atoms with E-state index in [0.29, 0.717) is 35.3 Å². The van der Waals surface area contributed by atoms with Gasteiger partial charge in [-0.3, -0.25) is 18.7 Å². The number of halogens is 3. The number of nitrogens with zero attached hydrogens (tertiary/aromatic N) is 5.